The Morgan fingerprint density at radius 1 is 1.29 bits per heavy atom. The Balaban J connectivity index is 1.70. The molecular weight excluding hydrogens is 262 g/mol. The smallest absolute Gasteiger partial charge is 0.315 e. The number of amides is 2. The molecule has 2 amide bonds. The van der Waals surface area contributed by atoms with Gasteiger partial charge in [0, 0.05) is 36.2 Å². The molecule has 21 heavy (non-hydrogen) atoms. The molecule has 1 aromatic carbocycles. The Morgan fingerprint density at radius 3 is 2.76 bits per heavy atom. The lowest BCUT2D eigenvalue weighted by atomic mass is 10.1. The van der Waals surface area contributed by atoms with Crippen molar-refractivity contribution in [2.75, 3.05) is 0 Å². The summed E-state index contributed by atoms with van der Waals surface area (Å²) in [5.41, 5.74) is 3.62. The topological polar surface area (TPSA) is 46.1 Å². The number of rotatable bonds is 3. The summed E-state index contributed by atoms with van der Waals surface area (Å²) in [6, 6.07) is 8.64. The van der Waals surface area contributed by atoms with Crippen LogP contribution in [0.4, 0.5) is 4.79 Å². The maximum atomic E-state index is 12.0. The summed E-state index contributed by atoms with van der Waals surface area (Å²) in [6.07, 6.45) is 4.68. The van der Waals surface area contributed by atoms with E-state index in [0.717, 1.165) is 12.8 Å². The third-order valence-electron chi connectivity index (χ3n) is 4.65. The van der Waals surface area contributed by atoms with Gasteiger partial charge < -0.3 is 15.2 Å². The average molecular weight is 285 g/mol. The Bertz CT molecular complexity index is 653. The lowest BCUT2D eigenvalue weighted by Gasteiger charge is -2.13. The van der Waals surface area contributed by atoms with Crippen LogP contribution < -0.4 is 10.6 Å². The summed E-state index contributed by atoms with van der Waals surface area (Å²) in [5, 5.41) is 7.30. The van der Waals surface area contributed by atoms with E-state index in [1.165, 1.54) is 35.0 Å². The van der Waals surface area contributed by atoms with Crippen molar-refractivity contribution in [3.8, 4) is 0 Å². The maximum absolute atomic E-state index is 12.0. The molecule has 3 rings (SSSR count). The number of carbonyl (C=O) groups is 1. The van der Waals surface area contributed by atoms with Gasteiger partial charge in [-0.3, -0.25) is 0 Å². The number of hydrogen-bond donors (Lipinski definition) is 2. The molecule has 0 atom stereocenters. The summed E-state index contributed by atoms with van der Waals surface area (Å²) in [6.45, 7) is 2.68. The van der Waals surface area contributed by atoms with Crippen molar-refractivity contribution in [1.29, 1.82) is 0 Å². The van der Waals surface area contributed by atoms with Crippen LogP contribution in [0.3, 0.4) is 0 Å². The molecule has 0 bridgehead atoms. The number of urea groups is 1. The van der Waals surface area contributed by atoms with Gasteiger partial charge >= 0.3 is 6.03 Å². The van der Waals surface area contributed by atoms with Crippen molar-refractivity contribution in [2.24, 2.45) is 7.05 Å². The van der Waals surface area contributed by atoms with Crippen molar-refractivity contribution in [3.05, 3.63) is 35.5 Å². The predicted molar refractivity (Wildman–Crippen MR) is 85.3 cm³/mol. The number of nitrogens with one attached hydrogen (secondary N) is 2. The number of carbonyl (C=O) groups excluding carboxylic acids is 1. The largest absolute Gasteiger partial charge is 0.348 e. The number of benzene rings is 1. The molecule has 1 aliphatic carbocycles. The molecular formula is C17H23N3O. The normalized spacial score (nSPS) is 15.5. The molecule has 0 unspecified atom stereocenters. The lowest BCUT2D eigenvalue weighted by molar-refractivity contribution is 0.236. The molecule has 0 aliphatic heterocycles. The second kappa shape index (κ2) is 5.80. The lowest BCUT2D eigenvalue weighted by Crippen LogP contribution is -2.40. The maximum Gasteiger partial charge on any atom is 0.315 e. The van der Waals surface area contributed by atoms with E-state index in [1.807, 2.05) is 12.1 Å². The van der Waals surface area contributed by atoms with Crippen molar-refractivity contribution in [1.82, 2.24) is 15.2 Å². The van der Waals surface area contributed by atoms with Crippen LogP contribution in [0.2, 0.25) is 0 Å². The fraction of sp³-hybridized carbons (Fsp3) is 0.471. The van der Waals surface area contributed by atoms with Gasteiger partial charge in [-0.15, -0.1) is 0 Å². The van der Waals surface area contributed by atoms with Gasteiger partial charge in [0.05, 0.1) is 0 Å². The van der Waals surface area contributed by atoms with Crippen LogP contribution >= 0.6 is 0 Å². The van der Waals surface area contributed by atoms with E-state index in [4.69, 9.17) is 0 Å². The Morgan fingerprint density at radius 2 is 2.00 bits per heavy atom. The van der Waals surface area contributed by atoms with Gasteiger partial charge in [0.15, 0.2) is 0 Å². The molecule has 2 N–H and O–H groups in total. The summed E-state index contributed by atoms with van der Waals surface area (Å²) in [7, 11) is 2.07. The highest BCUT2D eigenvalue weighted by Gasteiger charge is 2.17. The van der Waals surface area contributed by atoms with E-state index in [9.17, 15) is 4.79 Å². The molecule has 4 heteroatoms. The van der Waals surface area contributed by atoms with Gasteiger partial charge in [0.25, 0.3) is 0 Å². The quantitative estimate of drug-likeness (QED) is 0.893. The first-order valence-corrected chi connectivity index (χ1v) is 7.74. The Hall–Kier alpha value is -1.97. The van der Waals surface area contributed by atoms with Gasteiger partial charge in [-0.25, -0.2) is 4.79 Å². The summed E-state index contributed by atoms with van der Waals surface area (Å²) in [4.78, 5) is 12.0. The third-order valence-corrected chi connectivity index (χ3v) is 4.65. The fourth-order valence-electron chi connectivity index (χ4n) is 3.30. The molecule has 1 aromatic heterocycles. The minimum absolute atomic E-state index is 0.0470. The Labute approximate surface area is 125 Å². The van der Waals surface area contributed by atoms with Crippen LogP contribution in [0, 0.1) is 6.92 Å². The van der Waals surface area contributed by atoms with Crippen molar-refractivity contribution < 1.29 is 4.79 Å². The molecule has 112 valence electrons. The molecule has 0 radical (unpaired) electrons. The molecule has 0 spiro atoms. The number of nitrogens with zero attached hydrogens (tertiary/aromatic N) is 1. The highest BCUT2D eigenvalue weighted by atomic mass is 16.2. The van der Waals surface area contributed by atoms with E-state index in [0.29, 0.717) is 12.6 Å². The zero-order chi connectivity index (χ0) is 14.8. The molecule has 1 saturated carbocycles. The first kappa shape index (κ1) is 14.0. The van der Waals surface area contributed by atoms with Crippen LogP contribution in [-0.4, -0.2) is 16.6 Å². The number of hydrogen-bond acceptors (Lipinski definition) is 1. The molecule has 4 nitrogen and oxygen atoms in total. The third kappa shape index (κ3) is 2.75. The average Bonchev–Trinajstić information content (AvgIpc) is 3.07. The van der Waals surface area contributed by atoms with E-state index in [2.05, 4.69) is 41.3 Å². The number of para-hydroxylation sites is 1. The molecule has 0 saturated heterocycles. The summed E-state index contributed by atoms with van der Waals surface area (Å²) in [5.74, 6) is 0. The van der Waals surface area contributed by atoms with E-state index < -0.39 is 0 Å². The van der Waals surface area contributed by atoms with Crippen LogP contribution in [-0.2, 0) is 13.6 Å². The van der Waals surface area contributed by atoms with Crippen LogP contribution in [0.5, 0.6) is 0 Å². The highest BCUT2D eigenvalue weighted by Crippen LogP contribution is 2.24. The van der Waals surface area contributed by atoms with Gasteiger partial charge in [0.2, 0.25) is 0 Å². The molecule has 1 aliphatic rings. The van der Waals surface area contributed by atoms with Gasteiger partial charge in [-0.1, -0.05) is 31.0 Å². The summed E-state index contributed by atoms with van der Waals surface area (Å²) < 4.78 is 2.18. The number of aryl methyl sites for hydroxylation is 1. The predicted octanol–water partition coefficient (Wildman–Crippen LogP) is 3.23. The zero-order valence-electron chi connectivity index (χ0n) is 12.8. The second-order valence-electron chi connectivity index (χ2n) is 5.95. The first-order chi connectivity index (χ1) is 10.2. The van der Waals surface area contributed by atoms with Gasteiger partial charge in [-0.2, -0.15) is 0 Å². The standard InChI is InChI=1S/C17H23N3O/c1-12-15(14-9-5-6-10-16(14)20(12)2)11-18-17(21)19-13-7-3-4-8-13/h5-6,9-10,13H,3-4,7-8,11H2,1-2H3,(H2,18,19,21). The Kier molecular flexibility index (Phi) is 3.86. The fourth-order valence-corrected chi connectivity index (χ4v) is 3.30. The second-order valence-corrected chi connectivity index (χ2v) is 5.95. The van der Waals surface area contributed by atoms with Crippen molar-refractivity contribution in [3.63, 3.8) is 0 Å². The monoisotopic (exact) mass is 285 g/mol. The van der Waals surface area contributed by atoms with E-state index >= 15 is 0 Å². The number of fused-ring (bicyclic) bond motifs is 1. The first-order valence-electron chi connectivity index (χ1n) is 7.74. The minimum Gasteiger partial charge on any atom is -0.348 e. The van der Waals surface area contributed by atoms with E-state index in [1.54, 1.807) is 0 Å². The van der Waals surface area contributed by atoms with Crippen LogP contribution in [0.1, 0.15) is 36.9 Å². The van der Waals surface area contributed by atoms with E-state index in [-0.39, 0.29) is 6.03 Å². The SMILES string of the molecule is Cc1c(CNC(=O)NC2CCCC2)c2ccccc2n1C. The van der Waals surface area contributed by atoms with Gasteiger partial charge in [-0.05, 0) is 31.4 Å². The van der Waals surface area contributed by atoms with Crippen molar-refractivity contribution in [2.45, 2.75) is 45.2 Å². The van der Waals surface area contributed by atoms with Gasteiger partial charge in [0.1, 0.15) is 0 Å². The summed E-state index contributed by atoms with van der Waals surface area (Å²) >= 11 is 0. The number of aromatic nitrogens is 1. The highest BCUT2D eigenvalue weighted by molar-refractivity contribution is 5.86. The van der Waals surface area contributed by atoms with Crippen LogP contribution in [0.15, 0.2) is 24.3 Å². The van der Waals surface area contributed by atoms with Crippen LogP contribution in [0.25, 0.3) is 10.9 Å². The zero-order valence-corrected chi connectivity index (χ0v) is 12.8. The minimum atomic E-state index is -0.0470. The van der Waals surface area contributed by atoms with Crippen molar-refractivity contribution >= 4 is 16.9 Å². The molecule has 1 fully saturated rings. The molecule has 2 aromatic rings. The molecule has 1 heterocycles.